The van der Waals surface area contributed by atoms with Crippen molar-refractivity contribution in [2.75, 3.05) is 11.4 Å². The molecule has 1 heterocycles. The highest BCUT2D eigenvalue weighted by atomic mass is 35.5. The predicted octanol–water partition coefficient (Wildman–Crippen LogP) is 4.57. The maximum atomic E-state index is 13.8. The van der Waals surface area contributed by atoms with Crippen LogP contribution in [0.1, 0.15) is 58.6 Å². The SMILES string of the molecule is CCC(C)[C@@H]1N=C(c2ccccc2)c2cc(Cl)ccc2N(CCC(=O)NS(=O)(=O)C(C)(C)C)C1=O. The van der Waals surface area contributed by atoms with Crippen molar-refractivity contribution in [1.29, 1.82) is 0 Å². The van der Waals surface area contributed by atoms with Crippen LogP contribution in [0.15, 0.2) is 53.5 Å². The number of aliphatic imine (C=N–C) groups is 1. The molecule has 1 unspecified atom stereocenters. The van der Waals surface area contributed by atoms with Gasteiger partial charge in [-0.3, -0.25) is 19.3 Å². The fourth-order valence-electron chi connectivity index (χ4n) is 3.69. The van der Waals surface area contributed by atoms with Crippen LogP contribution in [0.4, 0.5) is 5.69 Å². The number of anilines is 1. The van der Waals surface area contributed by atoms with Crippen LogP contribution in [0.25, 0.3) is 0 Å². The lowest BCUT2D eigenvalue weighted by atomic mass is 9.98. The van der Waals surface area contributed by atoms with Crippen molar-refractivity contribution in [3.05, 3.63) is 64.7 Å². The van der Waals surface area contributed by atoms with Crippen LogP contribution in [0, 0.1) is 5.92 Å². The van der Waals surface area contributed by atoms with Crippen LogP contribution in [-0.4, -0.2) is 43.3 Å². The number of carbonyl (C=O) groups is 2. The van der Waals surface area contributed by atoms with Crippen molar-refractivity contribution >= 4 is 44.8 Å². The minimum Gasteiger partial charge on any atom is -0.309 e. The van der Waals surface area contributed by atoms with Crippen LogP contribution in [0.2, 0.25) is 5.02 Å². The lowest BCUT2D eigenvalue weighted by molar-refractivity contribution is -0.121. The largest absolute Gasteiger partial charge is 0.309 e. The number of rotatable bonds is 7. The van der Waals surface area contributed by atoms with Gasteiger partial charge in [0, 0.05) is 29.1 Å². The molecular formula is C26H32ClN3O4S. The van der Waals surface area contributed by atoms with Crippen molar-refractivity contribution in [3.8, 4) is 0 Å². The van der Waals surface area contributed by atoms with Gasteiger partial charge in [0.05, 0.1) is 16.1 Å². The van der Waals surface area contributed by atoms with Crippen molar-refractivity contribution in [2.24, 2.45) is 10.9 Å². The molecule has 0 saturated carbocycles. The summed E-state index contributed by atoms with van der Waals surface area (Å²) in [6.07, 6.45) is 0.550. The third-order valence-electron chi connectivity index (χ3n) is 6.14. The van der Waals surface area contributed by atoms with E-state index in [0.717, 1.165) is 12.0 Å². The van der Waals surface area contributed by atoms with E-state index < -0.39 is 26.7 Å². The maximum Gasteiger partial charge on any atom is 0.252 e. The standard InChI is InChI=1S/C26H32ClN3O4S/c1-6-17(2)23-25(32)30(15-14-22(31)29-35(33,34)26(3,4)5)21-13-12-19(27)16-20(21)24(28-23)18-10-8-7-9-11-18/h7-13,16-17,23H,6,14-15H2,1-5H3,(H,29,31)/t17?,23-/m0/s1. The topological polar surface area (TPSA) is 95.9 Å². The summed E-state index contributed by atoms with van der Waals surface area (Å²) in [5, 5.41) is 0.496. The van der Waals surface area contributed by atoms with E-state index in [9.17, 15) is 18.0 Å². The zero-order valence-corrected chi connectivity index (χ0v) is 22.3. The number of benzene rings is 2. The van der Waals surface area contributed by atoms with Crippen molar-refractivity contribution in [2.45, 2.75) is 58.2 Å². The Morgan fingerprint density at radius 2 is 1.83 bits per heavy atom. The first-order valence-electron chi connectivity index (χ1n) is 11.7. The Bertz CT molecular complexity index is 1240. The summed E-state index contributed by atoms with van der Waals surface area (Å²) in [6.45, 7) is 8.52. The smallest absolute Gasteiger partial charge is 0.252 e. The summed E-state index contributed by atoms with van der Waals surface area (Å²) in [5.74, 6) is -0.958. The van der Waals surface area contributed by atoms with Gasteiger partial charge in [0.2, 0.25) is 15.9 Å². The maximum absolute atomic E-state index is 13.8. The highest BCUT2D eigenvalue weighted by Crippen LogP contribution is 2.33. The molecule has 2 amide bonds. The van der Waals surface area contributed by atoms with E-state index in [0.29, 0.717) is 22.0 Å². The summed E-state index contributed by atoms with van der Waals surface area (Å²) in [4.78, 5) is 32.8. The molecule has 0 saturated heterocycles. The Balaban J connectivity index is 2.03. The van der Waals surface area contributed by atoms with Crippen LogP contribution in [-0.2, 0) is 19.6 Å². The third kappa shape index (κ3) is 5.93. The number of hydrogen-bond donors (Lipinski definition) is 1. The summed E-state index contributed by atoms with van der Waals surface area (Å²) in [7, 11) is -3.85. The molecule has 0 aliphatic carbocycles. The van der Waals surface area contributed by atoms with E-state index in [2.05, 4.69) is 4.72 Å². The van der Waals surface area contributed by atoms with Crippen molar-refractivity contribution in [3.63, 3.8) is 0 Å². The van der Waals surface area contributed by atoms with E-state index in [-0.39, 0.29) is 24.8 Å². The molecule has 0 spiro atoms. The molecule has 3 rings (SSSR count). The fourth-order valence-corrected chi connectivity index (χ4v) is 4.57. The molecule has 0 radical (unpaired) electrons. The first-order chi connectivity index (χ1) is 16.4. The number of nitrogens with one attached hydrogen (secondary N) is 1. The molecule has 0 fully saturated rings. The molecule has 9 heteroatoms. The van der Waals surface area contributed by atoms with Crippen LogP contribution < -0.4 is 9.62 Å². The highest BCUT2D eigenvalue weighted by Gasteiger charge is 2.36. The summed E-state index contributed by atoms with van der Waals surface area (Å²) < 4.78 is 25.8. The molecule has 2 atom stereocenters. The molecule has 2 aromatic carbocycles. The molecule has 1 aliphatic rings. The van der Waals surface area contributed by atoms with Gasteiger partial charge in [0.1, 0.15) is 6.04 Å². The summed E-state index contributed by atoms with van der Waals surface area (Å²) in [6, 6.07) is 14.1. The minimum absolute atomic E-state index is 0.00346. The molecular weight excluding hydrogens is 486 g/mol. The molecule has 35 heavy (non-hydrogen) atoms. The van der Waals surface area contributed by atoms with Crippen molar-refractivity contribution in [1.82, 2.24) is 4.72 Å². The van der Waals surface area contributed by atoms with Gasteiger partial charge in [-0.25, -0.2) is 8.42 Å². The summed E-state index contributed by atoms with van der Waals surface area (Å²) in [5.41, 5.74) is 2.78. The number of carbonyl (C=O) groups excluding carboxylic acids is 2. The third-order valence-corrected chi connectivity index (χ3v) is 8.48. The molecule has 0 aromatic heterocycles. The normalized spacial score (nSPS) is 17.3. The van der Waals surface area contributed by atoms with Crippen LogP contribution >= 0.6 is 11.6 Å². The van der Waals surface area contributed by atoms with Gasteiger partial charge < -0.3 is 4.90 Å². The number of halogens is 1. The molecule has 1 aliphatic heterocycles. The molecule has 2 aromatic rings. The fraction of sp³-hybridized carbons (Fsp3) is 0.423. The highest BCUT2D eigenvalue weighted by molar-refractivity contribution is 7.91. The van der Waals surface area contributed by atoms with Gasteiger partial charge in [-0.2, -0.15) is 0 Å². The average Bonchev–Trinajstić information content (AvgIpc) is 2.90. The van der Waals surface area contributed by atoms with Gasteiger partial charge in [-0.1, -0.05) is 62.2 Å². The second-order valence-electron chi connectivity index (χ2n) is 9.72. The van der Waals surface area contributed by atoms with E-state index in [1.165, 1.54) is 25.7 Å². The Hall–Kier alpha value is -2.71. The van der Waals surface area contributed by atoms with Gasteiger partial charge in [-0.05, 0) is 44.9 Å². The first kappa shape index (κ1) is 26.9. The average molecular weight is 518 g/mol. The Labute approximate surface area is 212 Å². The quantitative estimate of drug-likeness (QED) is 0.581. The van der Waals surface area contributed by atoms with Gasteiger partial charge >= 0.3 is 0 Å². The number of fused-ring (bicyclic) bond motifs is 1. The first-order valence-corrected chi connectivity index (χ1v) is 13.5. The Morgan fingerprint density at radius 3 is 2.43 bits per heavy atom. The molecule has 1 N–H and O–H groups in total. The van der Waals surface area contributed by atoms with Gasteiger partial charge in [-0.15, -0.1) is 0 Å². The monoisotopic (exact) mass is 517 g/mol. The van der Waals surface area contributed by atoms with Gasteiger partial charge in [0.15, 0.2) is 0 Å². The minimum atomic E-state index is -3.85. The van der Waals surface area contributed by atoms with Crippen molar-refractivity contribution < 1.29 is 18.0 Å². The zero-order chi connectivity index (χ0) is 26.0. The molecule has 0 bridgehead atoms. The number of amides is 2. The summed E-state index contributed by atoms with van der Waals surface area (Å²) >= 11 is 6.35. The second-order valence-corrected chi connectivity index (χ2v) is 12.6. The van der Waals surface area contributed by atoms with E-state index >= 15 is 0 Å². The Kier molecular flexibility index (Phi) is 8.07. The van der Waals surface area contributed by atoms with Gasteiger partial charge in [0.25, 0.3) is 5.91 Å². The lowest BCUT2D eigenvalue weighted by Crippen LogP contribution is -2.45. The second kappa shape index (κ2) is 10.5. The zero-order valence-electron chi connectivity index (χ0n) is 20.7. The molecule has 7 nitrogen and oxygen atoms in total. The van der Waals surface area contributed by atoms with E-state index in [1.807, 2.05) is 44.2 Å². The van der Waals surface area contributed by atoms with Crippen LogP contribution in [0.5, 0.6) is 0 Å². The van der Waals surface area contributed by atoms with Crippen LogP contribution in [0.3, 0.4) is 0 Å². The molecule has 188 valence electrons. The predicted molar refractivity (Wildman–Crippen MR) is 141 cm³/mol. The van der Waals surface area contributed by atoms with E-state index in [4.69, 9.17) is 16.6 Å². The number of hydrogen-bond acceptors (Lipinski definition) is 5. The lowest BCUT2D eigenvalue weighted by Gasteiger charge is -2.27. The Morgan fingerprint density at radius 1 is 1.17 bits per heavy atom. The van der Waals surface area contributed by atoms with E-state index in [1.54, 1.807) is 18.2 Å². The number of nitrogens with zero attached hydrogens (tertiary/aromatic N) is 2. The number of sulfonamides is 1. The number of benzodiazepines with no additional fused rings is 1.